The Bertz CT molecular complexity index is 1500. The molecule has 35 heavy (non-hydrogen) atoms. The van der Waals surface area contributed by atoms with Gasteiger partial charge in [-0.15, -0.1) is 0 Å². The lowest BCUT2D eigenvalue weighted by atomic mass is 9.95. The van der Waals surface area contributed by atoms with Gasteiger partial charge in [0.05, 0.1) is 42.2 Å². The van der Waals surface area contributed by atoms with Crippen molar-refractivity contribution in [3.05, 3.63) is 84.5 Å². The molecule has 0 spiro atoms. The molecule has 1 atom stereocenters. The highest BCUT2D eigenvalue weighted by molar-refractivity contribution is 7.07. The summed E-state index contributed by atoms with van der Waals surface area (Å²) in [5, 5.41) is 9.80. The predicted molar refractivity (Wildman–Crippen MR) is 133 cm³/mol. The van der Waals surface area contributed by atoms with Crippen molar-refractivity contribution in [2.24, 2.45) is 4.99 Å². The summed E-state index contributed by atoms with van der Waals surface area (Å²) in [5.41, 5.74) is 1.75. The number of phenols is 1. The van der Waals surface area contributed by atoms with E-state index in [1.165, 1.54) is 30.1 Å². The van der Waals surface area contributed by atoms with Gasteiger partial charge in [0.1, 0.15) is 5.75 Å². The van der Waals surface area contributed by atoms with E-state index in [4.69, 9.17) is 14.2 Å². The number of carbonyl (C=O) groups excluding carboxylic acids is 1. The fraction of sp³-hybridized carbons (Fsp3) is 0.269. The fourth-order valence-electron chi connectivity index (χ4n) is 3.98. The summed E-state index contributed by atoms with van der Waals surface area (Å²) < 4.78 is 18.3. The van der Waals surface area contributed by atoms with Crippen LogP contribution in [0.25, 0.3) is 6.08 Å². The minimum atomic E-state index is -0.771. The van der Waals surface area contributed by atoms with E-state index in [9.17, 15) is 14.7 Å². The third kappa shape index (κ3) is 4.72. The SMILES string of the molecule is COC(=O)C1=C(C)N=c2s/c(=C\c3cccc(O)c3)c(=O)n2C1c1ccc(OC(C)C)c(OC)c1. The number of carbonyl (C=O) groups is 1. The number of thiazole rings is 1. The highest BCUT2D eigenvalue weighted by Gasteiger charge is 2.33. The van der Waals surface area contributed by atoms with Crippen molar-refractivity contribution in [1.29, 1.82) is 0 Å². The van der Waals surface area contributed by atoms with Gasteiger partial charge in [-0.25, -0.2) is 9.79 Å². The largest absolute Gasteiger partial charge is 0.508 e. The van der Waals surface area contributed by atoms with Crippen molar-refractivity contribution in [2.45, 2.75) is 32.9 Å². The number of allylic oxidation sites excluding steroid dienone is 1. The molecular weight excluding hydrogens is 468 g/mol. The maximum atomic E-state index is 13.6. The standard InChI is InChI=1S/C26H26N2O6S/c1-14(2)34-19-10-9-17(13-20(19)32-4)23-22(25(31)33-5)15(3)27-26-28(23)24(30)21(35-26)12-16-7-6-8-18(29)11-16/h6-14,23,29H,1-5H3/b21-12-. The lowest BCUT2D eigenvalue weighted by molar-refractivity contribution is -0.136. The maximum Gasteiger partial charge on any atom is 0.338 e. The molecule has 2 heterocycles. The van der Waals surface area contributed by atoms with Gasteiger partial charge in [0.15, 0.2) is 16.3 Å². The minimum absolute atomic E-state index is 0.0578. The average molecular weight is 495 g/mol. The van der Waals surface area contributed by atoms with Crippen molar-refractivity contribution in [1.82, 2.24) is 4.57 Å². The molecule has 4 rings (SSSR count). The fourth-order valence-corrected chi connectivity index (χ4v) is 5.03. The van der Waals surface area contributed by atoms with Gasteiger partial charge in [-0.2, -0.15) is 0 Å². The molecule has 0 radical (unpaired) electrons. The molecule has 1 aromatic heterocycles. The summed E-state index contributed by atoms with van der Waals surface area (Å²) in [6.07, 6.45) is 1.63. The Morgan fingerprint density at radius 1 is 1.17 bits per heavy atom. The van der Waals surface area contributed by atoms with Gasteiger partial charge in [0.25, 0.3) is 5.56 Å². The van der Waals surface area contributed by atoms with Crippen molar-refractivity contribution in [3.8, 4) is 17.2 Å². The Morgan fingerprint density at radius 3 is 2.60 bits per heavy atom. The van der Waals surface area contributed by atoms with Gasteiger partial charge < -0.3 is 19.3 Å². The first-order chi connectivity index (χ1) is 16.7. The molecule has 1 N–H and O–H groups in total. The van der Waals surface area contributed by atoms with Crippen LogP contribution in [-0.2, 0) is 9.53 Å². The number of methoxy groups -OCH3 is 2. The smallest absolute Gasteiger partial charge is 0.338 e. The van der Waals surface area contributed by atoms with E-state index in [-0.39, 0.29) is 23.0 Å². The molecule has 0 bridgehead atoms. The van der Waals surface area contributed by atoms with Crippen LogP contribution in [0.1, 0.15) is 37.9 Å². The average Bonchev–Trinajstić information content (AvgIpc) is 3.12. The van der Waals surface area contributed by atoms with Crippen LogP contribution < -0.4 is 24.4 Å². The summed E-state index contributed by atoms with van der Waals surface area (Å²) in [6, 6.07) is 11.2. The number of rotatable bonds is 6. The van der Waals surface area contributed by atoms with E-state index in [0.717, 1.165) is 0 Å². The Balaban J connectivity index is 1.95. The first kappa shape index (κ1) is 24.3. The Kier molecular flexibility index (Phi) is 6.79. The lowest BCUT2D eigenvalue weighted by Gasteiger charge is -2.25. The topological polar surface area (TPSA) is 99.4 Å². The molecule has 0 amide bonds. The van der Waals surface area contributed by atoms with E-state index in [2.05, 4.69) is 4.99 Å². The number of nitrogens with zero attached hydrogens (tertiary/aromatic N) is 2. The number of aromatic nitrogens is 1. The monoisotopic (exact) mass is 494 g/mol. The summed E-state index contributed by atoms with van der Waals surface area (Å²) >= 11 is 1.21. The minimum Gasteiger partial charge on any atom is -0.508 e. The molecule has 0 saturated carbocycles. The van der Waals surface area contributed by atoms with Crippen molar-refractivity contribution in [2.75, 3.05) is 14.2 Å². The molecule has 3 aromatic rings. The second-order valence-corrected chi connectivity index (χ2v) is 9.25. The zero-order chi connectivity index (χ0) is 25.3. The predicted octanol–water partition coefficient (Wildman–Crippen LogP) is 2.91. The van der Waals surface area contributed by atoms with Gasteiger partial charge in [0, 0.05) is 0 Å². The molecule has 182 valence electrons. The number of hydrogen-bond acceptors (Lipinski definition) is 8. The third-order valence-electron chi connectivity index (χ3n) is 5.46. The zero-order valence-electron chi connectivity index (χ0n) is 20.1. The summed E-state index contributed by atoms with van der Waals surface area (Å²) in [6.45, 7) is 5.55. The van der Waals surface area contributed by atoms with Crippen molar-refractivity contribution in [3.63, 3.8) is 0 Å². The first-order valence-electron chi connectivity index (χ1n) is 11.0. The summed E-state index contributed by atoms with van der Waals surface area (Å²) in [7, 11) is 2.84. The summed E-state index contributed by atoms with van der Waals surface area (Å²) in [5.74, 6) is 0.573. The van der Waals surface area contributed by atoms with E-state index >= 15 is 0 Å². The molecule has 1 aliphatic rings. The van der Waals surface area contributed by atoms with E-state index in [0.29, 0.717) is 37.7 Å². The number of ether oxygens (including phenoxy) is 3. The van der Waals surface area contributed by atoms with Crippen LogP contribution in [0.15, 0.2) is 63.5 Å². The quantitative estimate of drug-likeness (QED) is 0.529. The van der Waals surface area contributed by atoms with Gasteiger partial charge in [-0.1, -0.05) is 29.5 Å². The number of benzene rings is 2. The van der Waals surface area contributed by atoms with Crippen LogP contribution in [0.5, 0.6) is 17.2 Å². The van der Waals surface area contributed by atoms with Gasteiger partial charge in [0.2, 0.25) is 0 Å². The van der Waals surface area contributed by atoms with Crippen molar-refractivity contribution >= 4 is 23.4 Å². The van der Waals surface area contributed by atoms with Crippen LogP contribution in [0.3, 0.4) is 0 Å². The Hall–Kier alpha value is -3.85. The number of fused-ring (bicyclic) bond motifs is 1. The Morgan fingerprint density at radius 2 is 1.94 bits per heavy atom. The third-order valence-corrected chi connectivity index (χ3v) is 6.44. The highest BCUT2D eigenvalue weighted by Crippen LogP contribution is 2.36. The highest BCUT2D eigenvalue weighted by atomic mass is 32.1. The second kappa shape index (κ2) is 9.79. The van der Waals surface area contributed by atoms with Crippen LogP contribution >= 0.6 is 11.3 Å². The van der Waals surface area contributed by atoms with Gasteiger partial charge >= 0.3 is 5.97 Å². The van der Waals surface area contributed by atoms with Gasteiger partial charge in [-0.3, -0.25) is 9.36 Å². The second-order valence-electron chi connectivity index (χ2n) is 8.25. The number of aromatic hydroxyl groups is 1. The normalized spacial score (nSPS) is 15.6. The number of hydrogen-bond donors (Lipinski definition) is 1. The Labute approximate surface area is 206 Å². The van der Waals surface area contributed by atoms with Gasteiger partial charge in [-0.05, 0) is 62.2 Å². The molecule has 1 unspecified atom stereocenters. The molecule has 2 aromatic carbocycles. The first-order valence-corrected chi connectivity index (χ1v) is 11.8. The van der Waals surface area contributed by atoms with Crippen molar-refractivity contribution < 1.29 is 24.1 Å². The summed E-state index contributed by atoms with van der Waals surface area (Å²) in [4.78, 5) is 31.4. The molecule has 0 saturated heterocycles. The maximum absolute atomic E-state index is 13.6. The number of esters is 1. The van der Waals surface area contributed by atoms with Crippen LogP contribution in [0.4, 0.5) is 0 Å². The molecule has 0 fully saturated rings. The molecular formula is C26H26N2O6S. The lowest BCUT2D eigenvalue weighted by Crippen LogP contribution is -2.39. The number of phenolic OH excluding ortho intramolecular Hbond substituents is 1. The van der Waals surface area contributed by atoms with E-state index < -0.39 is 12.0 Å². The van der Waals surface area contributed by atoms with E-state index in [1.807, 2.05) is 13.8 Å². The molecule has 8 nitrogen and oxygen atoms in total. The molecule has 1 aliphatic heterocycles. The van der Waals surface area contributed by atoms with Crippen LogP contribution in [0.2, 0.25) is 0 Å². The molecule has 0 aliphatic carbocycles. The zero-order valence-corrected chi connectivity index (χ0v) is 20.9. The molecule has 9 heteroatoms. The van der Waals surface area contributed by atoms with Crippen LogP contribution in [0, 0.1) is 0 Å². The van der Waals surface area contributed by atoms with Crippen LogP contribution in [-0.4, -0.2) is 36.0 Å². The van der Waals surface area contributed by atoms with E-state index in [1.54, 1.807) is 55.5 Å².